The summed E-state index contributed by atoms with van der Waals surface area (Å²) in [6, 6.07) is 0.0815. The first kappa shape index (κ1) is 18.0. The Kier molecular flexibility index (Phi) is 5.50. The molecule has 1 atom stereocenters. The van der Waals surface area contributed by atoms with Gasteiger partial charge in [-0.3, -0.25) is 0 Å². The van der Waals surface area contributed by atoms with Gasteiger partial charge in [0, 0.05) is 43.0 Å². The molecule has 2 amide bonds. The van der Waals surface area contributed by atoms with E-state index in [0.717, 1.165) is 38.8 Å². The summed E-state index contributed by atoms with van der Waals surface area (Å²) in [7, 11) is 0. The maximum atomic E-state index is 12.6. The minimum absolute atomic E-state index is 0.0177. The van der Waals surface area contributed by atoms with Gasteiger partial charge in [0.2, 0.25) is 0 Å². The number of urea groups is 1. The predicted octanol–water partition coefficient (Wildman–Crippen LogP) is 4.03. The van der Waals surface area contributed by atoms with Crippen molar-refractivity contribution in [3.8, 4) is 0 Å². The quantitative estimate of drug-likeness (QED) is 0.842. The van der Waals surface area contributed by atoms with Crippen LogP contribution in [-0.2, 0) is 5.54 Å². The van der Waals surface area contributed by atoms with Crippen LogP contribution in [0.4, 0.5) is 4.79 Å². The number of nitrogens with one attached hydrogen (secondary N) is 1. The Balaban J connectivity index is 1.60. The van der Waals surface area contributed by atoms with Gasteiger partial charge in [-0.25, -0.2) is 9.78 Å². The maximum Gasteiger partial charge on any atom is 0.317 e. The normalized spacial score (nSPS) is 21.8. The summed E-state index contributed by atoms with van der Waals surface area (Å²) in [4.78, 5) is 19.0. The molecule has 1 unspecified atom stereocenters. The summed E-state index contributed by atoms with van der Waals surface area (Å²) in [6.07, 6.45) is 13.2. The van der Waals surface area contributed by atoms with Gasteiger partial charge in [-0.1, -0.05) is 11.6 Å². The Hall–Kier alpha value is -1.78. The van der Waals surface area contributed by atoms with Gasteiger partial charge >= 0.3 is 6.03 Å². The van der Waals surface area contributed by atoms with Crippen LogP contribution in [0.1, 0.15) is 70.9 Å². The summed E-state index contributed by atoms with van der Waals surface area (Å²) >= 11 is 0. The van der Waals surface area contributed by atoms with Gasteiger partial charge in [0.15, 0.2) is 0 Å². The van der Waals surface area contributed by atoms with Gasteiger partial charge in [-0.15, -0.1) is 0 Å². The molecule has 1 saturated heterocycles. The first-order valence-corrected chi connectivity index (χ1v) is 9.68. The molecule has 1 aliphatic carbocycles. The molecule has 0 spiro atoms. The largest absolute Gasteiger partial charge is 0.334 e. The third-order valence-corrected chi connectivity index (χ3v) is 5.37. The molecule has 0 radical (unpaired) electrons. The number of piperidine rings is 1. The summed E-state index contributed by atoms with van der Waals surface area (Å²) in [6.45, 7) is 8.94. The zero-order valence-electron chi connectivity index (χ0n) is 15.9. The van der Waals surface area contributed by atoms with Crippen LogP contribution in [0.25, 0.3) is 0 Å². The second-order valence-electron chi connectivity index (χ2n) is 8.41. The Morgan fingerprint density at radius 1 is 1.32 bits per heavy atom. The van der Waals surface area contributed by atoms with Gasteiger partial charge in [0.05, 0.1) is 6.33 Å². The number of rotatable bonds is 3. The molecule has 1 aliphatic heterocycles. The van der Waals surface area contributed by atoms with Gasteiger partial charge in [-0.2, -0.15) is 0 Å². The van der Waals surface area contributed by atoms with Gasteiger partial charge in [-0.05, 0) is 59.3 Å². The second-order valence-corrected chi connectivity index (χ2v) is 8.41. The molecule has 138 valence electrons. The van der Waals surface area contributed by atoms with Crippen molar-refractivity contribution in [2.75, 3.05) is 19.6 Å². The van der Waals surface area contributed by atoms with Crippen LogP contribution in [0, 0.1) is 0 Å². The Morgan fingerprint density at radius 3 is 2.88 bits per heavy atom. The van der Waals surface area contributed by atoms with Gasteiger partial charge in [0.1, 0.15) is 0 Å². The molecule has 1 aromatic rings. The smallest absolute Gasteiger partial charge is 0.317 e. The molecule has 2 heterocycles. The number of imidazole rings is 1. The lowest BCUT2D eigenvalue weighted by molar-refractivity contribution is 0.178. The van der Waals surface area contributed by atoms with E-state index in [4.69, 9.17) is 0 Å². The molecule has 1 N–H and O–H groups in total. The van der Waals surface area contributed by atoms with E-state index in [1.807, 2.05) is 17.4 Å². The van der Waals surface area contributed by atoms with Crippen molar-refractivity contribution in [1.29, 1.82) is 0 Å². The molecule has 5 nitrogen and oxygen atoms in total. The zero-order valence-corrected chi connectivity index (χ0v) is 15.9. The van der Waals surface area contributed by atoms with Crippen LogP contribution in [0.15, 0.2) is 24.2 Å². The summed E-state index contributed by atoms with van der Waals surface area (Å²) in [5.74, 6) is 0.370. The number of carbonyl (C=O) groups excluding carboxylic acids is 1. The van der Waals surface area contributed by atoms with Gasteiger partial charge < -0.3 is 14.8 Å². The maximum absolute atomic E-state index is 12.6. The van der Waals surface area contributed by atoms with Crippen LogP contribution >= 0.6 is 0 Å². The number of aromatic nitrogens is 2. The predicted molar refractivity (Wildman–Crippen MR) is 101 cm³/mol. The fourth-order valence-electron chi connectivity index (χ4n) is 3.94. The van der Waals surface area contributed by atoms with Crippen molar-refractivity contribution in [2.45, 2.75) is 70.8 Å². The van der Waals surface area contributed by atoms with Crippen LogP contribution in [-0.4, -0.2) is 40.1 Å². The van der Waals surface area contributed by atoms with Crippen LogP contribution in [0.3, 0.4) is 0 Å². The fourth-order valence-corrected chi connectivity index (χ4v) is 3.94. The Labute approximate surface area is 151 Å². The van der Waals surface area contributed by atoms with E-state index >= 15 is 0 Å². The highest BCUT2D eigenvalue weighted by molar-refractivity contribution is 5.74. The lowest BCUT2D eigenvalue weighted by Gasteiger charge is -2.35. The van der Waals surface area contributed by atoms with E-state index in [1.165, 1.54) is 24.1 Å². The molecule has 1 aromatic heterocycles. The lowest BCUT2D eigenvalue weighted by atomic mass is 9.94. The Morgan fingerprint density at radius 2 is 2.16 bits per heavy atom. The lowest BCUT2D eigenvalue weighted by Crippen LogP contribution is -2.46. The highest BCUT2D eigenvalue weighted by Gasteiger charge is 2.29. The minimum atomic E-state index is 0.0177. The standard InChI is InChI=1S/C20H32N4O/c1-20(2,3)24-15-21-13-18(24)17-10-7-11-23(14-17)19(25)22-12-16-8-5-4-6-9-16/h8,13,15,17H,4-7,9-12,14H2,1-3H3,(H,22,25). The second kappa shape index (κ2) is 7.63. The molecule has 5 heteroatoms. The van der Waals surface area contributed by atoms with Gasteiger partial charge in [0.25, 0.3) is 0 Å². The van der Waals surface area contributed by atoms with E-state index in [-0.39, 0.29) is 11.6 Å². The van der Waals surface area contributed by atoms with Crippen molar-refractivity contribution in [2.24, 2.45) is 0 Å². The topological polar surface area (TPSA) is 50.2 Å². The van der Waals surface area contributed by atoms with E-state index in [9.17, 15) is 4.79 Å². The highest BCUT2D eigenvalue weighted by atomic mass is 16.2. The monoisotopic (exact) mass is 344 g/mol. The average molecular weight is 345 g/mol. The molecular formula is C20H32N4O. The van der Waals surface area contributed by atoms with Crippen LogP contribution < -0.4 is 5.32 Å². The number of likely N-dealkylation sites (tertiary alicyclic amines) is 1. The van der Waals surface area contributed by atoms with Crippen molar-refractivity contribution in [1.82, 2.24) is 19.8 Å². The number of hydrogen-bond donors (Lipinski definition) is 1. The average Bonchev–Trinajstić information content (AvgIpc) is 3.11. The SMILES string of the molecule is CC(C)(C)n1cncc1C1CCCN(C(=O)NCC2=CCCCC2)C1. The number of nitrogens with zero attached hydrogens (tertiary/aromatic N) is 3. The van der Waals surface area contributed by atoms with E-state index in [1.54, 1.807) is 0 Å². The van der Waals surface area contributed by atoms with E-state index in [2.05, 4.69) is 41.7 Å². The molecule has 0 saturated carbocycles. The molecule has 2 aliphatic rings. The first-order chi connectivity index (χ1) is 11.9. The molecule has 3 rings (SSSR count). The summed E-state index contributed by atoms with van der Waals surface area (Å²) < 4.78 is 2.26. The summed E-state index contributed by atoms with van der Waals surface area (Å²) in [5.41, 5.74) is 2.66. The number of hydrogen-bond acceptors (Lipinski definition) is 2. The van der Waals surface area contributed by atoms with E-state index < -0.39 is 0 Å². The Bertz CT molecular complexity index is 626. The van der Waals surface area contributed by atoms with Crippen LogP contribution in [0.2, 0.25) is 0 Å². The number of amides is 2. The van der Waals surface area contributed by atoms with Crippen molar-refractivity contribution < 1.29 is 4.79 Å². The minimum Gasteiger partial charge on any atom is -0.334 e. The molecular weight excluding hydrogens is 312 g/mol. The number of allylic oxidation sites excluding steroid dienone is 1. The molecule has 0 bridgehead atoms. The fraction of sp³-hybridized carbons (Fsp3) is 0.700. The molecule has 1 fully saturated rings. The van der Waals surface area contributed by atoms with Crippen molar-refractivity contribution in [3.63, 3.8) is 0 Å². The van der Waals surface area contributed by atoms with Crippen molar-refractivity contribution >= 4 is 6.03 Å². The van der Waals surface area contributed by atoms with Crippen molar-refractivity contribution in [3.05, 3.63) is 29.9 Å². The zero-order chi connectivity index (χ0) is 17.9. The third kappa shape index (κ3) is 4.44. The summed E-state index contributed by atoms with van der Waals surface area (Å²) in [5, 5.41) is 3.13. The van der Waals surface area contributed by atoms with Crippen LogP contribution in [0.5, 0.6) is 0 Å². The highest BCUT2D eigenvalue weighted by Crippen LogP contribution is 2.30. The number of carbonyl (C=O) groups is 1. The third-order valence-electron chi connectivity index (χ3n) is 5.37. The molecule has 0 aromatic carbocycles. The molecule has 25 heavy (non-hydrogen) atoms. The first-order valence-electron chi connectivity index (χ1n) is 9.68. The van der Waals surface area contributed by atoms with E-state index in [0.29, 0.717) is 12.5 Å².